The minimum absolute atomic E-state index is 0.0737. The highest BCUT2D eigenvalue weighted by atomic mass is 32.2. The number of fused-ring (bicyclic) bond motifs is 5. The van der Waals surface area contributed by atoms with Gasteiger partial charge in [-0.15, -0.1) is 10.2 Å². The first kappa shape index (κ1) is 22.3. The Balaban J connectivity index is 2.21. The summed E-state index contributed by atoms with van der Waals surface area (Å²) in [5.74, 6) is -1.38. The smallest absolute Gasteiger partial charge is 0.416 e. The van der Waals surface area contributed by atoms with Crippen LogP contribution in [-0.2, 0) is 15.4 Å². The topological polar surface area (TPSA) is 135 Å². The van der Waals surface area contributed by atoms with Crippen LogP contribution in [0.3, 0.4) is 0 Å². The number of rotatable bonds is 1. The fourth-order valence-corrected chi connectivity index (χ4v) is 4.14. The molecule has 1 aliphatic rings. The van der Waals surface area contributed by atoms with Crippen LogP contribution in [0.5, 0.6) is 0 Å². The molecular formula is C17H22F3N5O4S. The van der Waals surface area contributed by atoms with E-state index < -0.39 is 39.8 Å². The maximum Gasteiger partial charge on any atom is 0.426 e. The summed E-state index contributed by atoms with van der Waals surface area (Å²) in [6.07, 6.45) is -2.99. The molecule has 0 saturated heterocycles. The molecule has 3 N–H and O–H groups in total. The molecule has 1 atom stereocenters. The van der Waals surface area contributed by atoms with Gasteiger partial charge in [0, 0.05) is 19.8 Å². The number of aromatic nitrogens is 3. The Morgan fingerprint density at radius 3 is 2.53 bits per heavy atom. The van der Waals surface area contributed by atoms with E-state index >= 15 is 0 Å². The van der Waals surface area contributed by atoms with Gasteiger partial charge in [-0.1, -0.05) is 12.8 Å². The molecule has 2 aromatic rings. The number of sulfone groups is 1. The van der Waals surface area contributed by atoms with Crippen LogP contribution in [0, 0.1) is 0 Å². The van der Waals surface area contributed by atoms with Crippen molar-refractivity contribution in [2.75, 3.05) is 30.5 Å². The van der Waals surface area contributed by atoms with E-state index in [0.29, 0.717) is 25.8 Å². The number of halogens is 3. The van der Waals surface area contributed by atoms with E-state index in [1.165, 1.54) is 0 Å². The van der Waals surface area contributed by atoms with Crippen molar-refractivity contribution in [3.63, 3.8) is 0 Å². The molecular weight excluding hydrogens is 427 g/mol. The highest BCUT2D eigenvalue weighted by Crippen LogP contribution is 2.43. The Labute approximate surface area is 171 Å². The minimum atomic E-state index is -5.03. The van der Waals surface area contributed by atoms with Gasteiger partial charge in [0.05, 0.1) is 5.69 Å². The fraction of sp³-hybridized carbons (Fsp3) is 0.588. The Bertz CT molecular complexity index is 1040. The number of nitrogens with zero attached hydrogens (tertiary/aromatic N) is 4. The molecule has 1 aliphatic heterocycles. The number of hydrogen-bond donors (Lipinski definition) is 2. The summed E-state index contributed by atoms with van der Waals surface area (Å²) in [6, 6.07) is 1.16. The third kappa shape index (κ3) is 4.08. The largest absolute Gasteiger partial charge is 0.426 e. The van der Waals surface area contributed by atoms with Gasteiger partial charge in [0.25, 0.3) is 11.8 Å². The quantitative estimate of drug-likeness (QED) is 0.672. The zero-order chi connectivity index (χ0) is 22.3. The van der Waals surface area contributed by atoms with Crippen molar-refractivity contribution in [3.8, 4) is 11.6 Å². The first-order valence-corrected chi connectivity index (χ1v) is 11.1. The monoisotopic (exact) mass is 449 g/mol. The zero-order valence-corrected chi connectivity index (χ0v) is 17.2. The third-order valence-corrected chi connectivity index (χ3v) is 6.09. The Kier molecular flexibility index (Phi) is 5.71. The lowest BCUT2D eigenvalue weighted by Gasteiger charge is -2.27. The van der Waals surface area contributed by atoms with Gasteiger partial charge in [0.1, 0.15) is 10.7 Å². The first-order valence-electron chi connectivity index (χ1n) is 9.20. The van der Waals surface area contributed by atoms with E-state index in [0.717, 1.165) is 12.3 Å². The molecule has 166 valence electrons. The first-order chi connectivity index (χ1) is 13.8. The number of nitrogen functional groups attached to an aromatic ring is 1. The number of nitrogens with two attached hydrogens (primary N) is 1. The number of anilines is 2. The van der Waals surface area contributed by atoms with Gasteiger partial charge in [-0.05, 0) is 25.3 Å². The van der Waals surface area contributed by atoms with E-state index in [1.54, 1.807) is 11.9 Å². The van der Waals surface area contributed by atoms with E-state index in [-0.39, 0.29) is 28.5 Å². The molecule has 2 aromatic heterocycles. The highest BCUT2D eigenvalue weighted by molar-refractivity contribution is 7.90. The van der Waals surface area contributed by atoms with Gasteiger partial charge in [-0.3, -0.25) is 0 Å². The van der Waals surface area contributed by atoms with Crippen LogP contribution in [0.15, 0.2) is 15.4 Å². The lowest BCUT2D eigenvalue weighted by Crippen LogP contribution is -2.42. The van der Waals surface area contributed by atoms with Crippen molar-refractivity contribution >= 4 is 21.3 Å². The van der Waals surface area contributed by atoms with Crippen LogP contribution in [0.1, 0.15) is 38.0 Å². The van der Waals surface area contributed by atoms with Gasteiger partial charge in [-0.25, -0.2) is 13.4 Å². The van der Waals surface area contributed by atoms with Gasteiger partial charge < -0.3 is 20.2 Å². The van der Waals surface area contributed by atoms with E-state index in [1.807, 2.05) is 0 Å². The normalized spacial score (nSPS) is 21.3. The molecule has 0 spiro atoms. The molecule has 0 aliphatic carbocycles. The minimum Gasteiger partial charge on any atom is -0.416 e. The second-order valence-electron chi connectivity index (χ2n) is 7.38. The highest BCUT2D eigenvalue weighted by Gasteiger charge is 2.58. The predicted molar refractivity (Wildman–Crippen MR) is 101 cm³/mol. The van der Waals surface area contributed by atoms with Gasteiger partial charge >= 0.3 is 6.18 Å². The molecule has 0 aromatic carbocycles. The predicted octanol–water partition coefficient (Wildman–Crippen LogP) is 2.27. The van der Waals surface area contributed by atoms with E-state index in [9.17, 15) is 26.7 Å². The van der Waals surface area contributed by atoms with Crippen molar-refractivity contribution in [1.29, 1.82) is 0 Å². The second kappa shape index (κ2) is 7.69. The van der Waals surface area contributed by atoms with Crippen molar-refractivity contribution < 1.29 is 31.1 Å². The summed E-state index contributed by atoms with van der Waals surface area (Å²) in [5, 5.41) is 17.3. The molecule has 30 heavy (non-hydrogen) atoms. The van der Waals surface area contributed by atoms with Crippen LogP contribution in [0.25, 0.3) is 11.6 Å². The van der Waals surface area contributed by atoms with E-state index in [4.69, 9.17) is 10.2 Å². The van der Waals surface area contributed by atoms with Crippen LogP contribution >= 0.6 is 0 Å². The molecule has 13 heteroatoms. The maximum atomic E-state index is 13.6. The standard InChI is InChI=1S/C17H22F3N5O4S/c1-25-8-6-4-3-5-7-16(26,17(18,19)20)15-24-23-14(29-15)12-10(21)9-11(13(25)22-12)30(2,27)28/h9,26H,3-8,21H2,1-2H3. The Hall–Kier alpha value is -2.41. The molecule has 3 heterocycles. The number of hydrogen-bond acceptors (Lipinski definition) is 9. The number of pyridine rings is 1. The van der Waals surface area contributed by atoms with Gasteiger partial charge in [0.15, 0.2) is 15.5 Å². The molecule has 0 saturated carbocycles. The maximum absolute atomic E-state index is 13.6. The molecule has 3 rings (SSSR count). The molecule has 0 amide bonds. The summed E-state index contributed by atoms with van der Waals surface area (Å²) >= 11 is 0. The Morgan fingerprint density at radius 2 is 1.90 bits per heavy atom. The summed E-state index contributed by atoms with van der Waals surface area (Å²) in [7, 11) is -2.04. The number of alkyl halides is 3. The van der Waals surface area contributed by atoms with Gasteiger partial charge in [-0.2, -0.15) is 13.2 Å². The van der Waals surface area contributed by atoms with Crippen LogP contribution in [-0.4, -0.2) is 54.7 Å². The van der Waals surface area contributed by atoms with Crippen molar-refractivity contribution in [2.45, 2.75) is 48.8 Å². The van der Waals surface area contributed by atoms with Crippen molar-refractivity contribution in [1.82, 2.24) is 15.2 Å². The van der Waals surface area contributed by atoms with Crippen molar-refractivity contribution in [3.05, 3.63) is 12.0 Å². The van der Waals surface area contributed by atoms with Crippen LogP contribution in [0.4, 0.5) is 24.7 Å². The summed E-state index contributed by atoms with van der Waals surface area (Å²) < 4.78 is 70.4. The fourth-order valence-electron chi connectivity index (χ4n) is 3.26. The van der Waals surface area contributed by atoms with Crippen LogP contribution < -0.4 is 10.6 Å². The van der Waals surface area contributed by atoms with Crippen molar-refractivity contribution in [2.24, 2.45) is 0 Å². The number of aliphatic hydroxyl groups is 1. The summed E-state index contributed by atoms with van der Waals surface area (Å²) in [6.45, 7) is 0.414. The third-order valence-electron chi connectivity index (χ3n) is 4.99. The summed E-state index contributed by atoms with van der Waals surface area (Å²) in [4.78, 5) is 5.74. The lowest BCUT2D eigenvalue weighted by atomic mass is 9.95. The molecule has 4 bridgehead atoms. The average Bonchev–Trinajstić information content (AvgIpc) is 3.11. The van der Waals surface area contributed by atoms with E-state index in [2.05, 4.69) is 15.2 Å². The molecule has 1 unspecified atom stereocenters. The molecule has 0 fully saturated rings. The zero-order valence-electron chi connectivity index (χ0n) is 16.4. The second-order valence-corrected chi connectivity index (χ2v) is 9.36. The van der Waals surface area contributed by atoms with Crippen LogP contribution in [0.2, 0.25) is 0 Å². The summed E-state index contributed by atoms with van der Waals surface area (Å²) in [5.41, 5.74) is 2.28. The molecule has 0 radical (unpaired) electrons. The lowest BCUT2D eigenvalue weighted by molar-refractivity contribution is -0.277. The molecule has 9 nitrogen and oxygen atoms in total. The Morgan fingerprint density at radius 1 is 1.23 bits per heavy atom. The average molecular weight is 449 g/mol. The van der Waals surface area contributed by atoms with Gasteiger partial charge in [0.2, 0.25) is 5.60 Å². The SMILES string of the molecule is CN1CCCCCCC(O)(C(F)(F)F)c2nnc(o2)-c2nc1c(S(C)(=O)=O)cc2N.